The van der Waals surface area contributed by atoms with E-state index in [-0.39, 0.29) is 5.97 Å². The van der Waals surface area contributed by atoms with Gasteiger partial charge in [-0.1, -0.05) is 54.9 Å². The van der Waals surface area contributed by atoms with Crippen LogP contribution < -0.4 is 10.1 Å². The van der Waals surface area contributed by atoms with Crippen LogP contribution in [0, 0.1) is 0 Å². The second-order valence-electron chi connectivity index (χ2n) is 7.60. The maximum atomic E-state index is 13.1. The van der Waals surface area contributed by atoms with Gasteiger partial charge in [0.1, 0.15) is 11.8 Å². The Hall–Kier alpha value is -2.00. The highest BCUT2D eigenvalue weighted by molar-refractivity contribution is 9.10. The van der Waals surface area contributed by atoms with Crippen molar-refractivity contribution in [3.63, 3.8) is 0 Å². The number of aromatic nitrogens is 3. The number of unbranched alkanes of at least 4 members (excludes halogenated alkanes) is 1. The van der Waals surface area contributed by atoms with Gasteiger partial charge in [-0.2, -0.15) is 4.98 Å². The van der Waals surface area contributed by atoms with Crippen molar-refractivity contribution in [3.8, 4) is 5.75 Å². The number of rotatable bonds is 11. The molecule has 174 valence electrons. The molecule has 0 fully saturated rings. The Kier molecular flexibility index (Phi) is 9.04. The molecule has 0 saturated carbocycles. The lowest BCUT2D eigenvalue weighted by Gasteiger charge is -2.29. The van der Waals surface area contributed by atoms with Crippen LogP contribution in [0.5, 0.6) is 5.75 Å². The van der Waals surface area contributed by atoms with Crippen LogP contribution in [-0.4, -0.2) is 39.7 Å². The van der Waals surface area contributed by atoms with E-state index in [1.54, 1.807) is 16.4 Å². The number of carbonyl (C=O) groups is 1. The van der Waals surface area contributed by atoms with E-state index < -0.39 is 6.04 Å². The summed E-state index contributed by atoms with van der Waals surface area (Å²) in [6.07, 6.45) is 3.85. The molecule has 1 unspecified atom stereocenters. The molecule has 7 nitrogen and oxygen atoms in total. The van der Waals surface area contributed by atoms with E-state index in [0.717, 1.165) is 47.2 Å². The minimum atomic E-state index is -0.506. The number of thioether (sulfide) groups is 1. The molecule has 1 aromatic carbocycles. The summed E-state index contributed by atoms with van der Waals surface area (Å²) >= 11 is 5.20. The fourth-order valence-electron chi connectivity index (χ4n) is 3.40. The van der Waals surface area contributed by atoms with Crippen molar-refractivity contribution in [2.45, 2.75) is 64.6 Å². The Morgan fingerprint density at radius 2 is 2.00 bits per heavy atom. The Morgan fingerprint density at radius 3 is 2.72 bits per heavy atom. The largest absolute Gasteiger partial charge is 0.493 e. The van der Waals surface area contributed by atoms with Crippen LogP contribution in [0.25, 0.3) is 0 Å². The Morgan fingerprint density at radius 1 is 1.22 bits per heavy atom. The highest BCUT2D eigenvalue weighted by atomic mass is 79.9. The van der Waals surface area contributed by atoms with Gasteiger partial charge in [0, 0.05) is 21.5 Å². The normalized spacial score (nSPS) is 15.3. The maximum absolute atomic E-state index is 13.1. The molecule has 2 heterocycles. The molecule has 1 N–H and O–H groups in total. The van der Waals surface area contributed by atoms with Crippen molar-refractivity contribution in [2.75, 3.05) is 24.3 Å². The van der Waals surface area contributed by atoms with Crippen molar-refractivity contribution in [1.82, 2.24) is 14.8 Å². The summed E-state index contributed by atoms with van der Waals surface area (Å²) in [4.78, 5) is 17.8. The quantitative estimate of drug-likeness (QED) is 0.221. The van der Waals surface area contributed by atoms with Gasteiger partial charge in [0.25, 0.3) is 0 Å². The van der Waals surface area contributed by atoms with Gasteiger partial charge in [-0.15, -0.1) is 5.10 Å². The predicted octanol–water partition coefficient (Wildman–Crippen LogP) is 5.96. The molecule has 32 heavy (non-hydrogen) atoms. The first kappa shape index (κ1) is 24.6. The predicted molar refractivity (Wildman–Crippen MR) is 131 cm³/mol. The first-order valence-corrected chi connectivity index (χ1v) is 12.9. The van der Waals surface area contributed by atoms with Crippen LogP contribution in [0.1, 0.15) is 65.0 Å². The average molecular weight is 523 g/mol. The molecular formula is C23H31BrN4O3S. The van der Waals surface area contributed by atoms with E-state index in [1.165, 1.54) is 0 Å². The number of ether oxygens (including phenoxy) is 2. The number of nitrogens with one attached hydrogen (secondary N) is 1. The van der Waals surface area contributed by atoms with E-state index in [2.05, 4.69) is 40.1 Å². The molecule has 0 aliphatic carbocycles. The molecule has 1 aliphatic rings. The summed E-state index contributed by atoms with van der Waals surface area (Å²) in [6, 6.07) is 5.34. The van der Waals surface area contributed by atoms with Crippen molar-refractivity contribution >= 4 is 39.6 Å². The monoisotopic (exact) mass is 522 g/mol. The SMILES string of the molecule is CCCCSc1nc2n(n1)C(c1cc(Br)ccc1OCCC)C(C(=O)OCCC)=C(C)N2. The summed E-state index contributed by atoms with van der Waals surface area (Å²) < 4.78 is 14.3. The molecule has 3 rings (SSSR count). The van der Waals surface area contributed by atoms with Gasteiger partial charge in [-0.25, -0.2) is 9.48 Å². The van der Waals surface area contributed by atoms with E-state index in [1.807, 2.05) is 32.0 Å². The van der Waals surface area contributed by atoms with Gasteiger partial charge in [0.2, 0.25) is 11.1 Å². The van der Waals surface area contributed by atoms with Crippen LogP contribution in [0.4, 0.5) is 5.95 Å². The van der Waals surface area contributed by atoms with Crippen LogP contribution in [0.3, 0.4) is 0 Å². The van der Waals surface area contributed by atoms with Gasteiger partial charge in [-0.3, -0.25) is 0 Å². The van der Waals surface area contributed by atoms with Crippen LogP contribution >= 0.6 is 27.7 Å². The van der Waals surface area contributed by atoms with E-state index >= 15 is 0 Å². The number of esters is 1. The second-order valence-corrected chi connectivity index (χ2v) is 9.58. The van der Waals surface area contributed by atoms with Crippen molar-refractivity contribution in [1.29, 1.82) is 0 Å². The Bertz CT molecular complexity index is 976. The number of benzene rings is 1. The first-order chi connectivity index (χ1) is 15.5. The van der Waals surface area contributed by atoms with Crippen LogP contribution in [0.2, 0.25) is 0 Å². The Balaban J connectivity index is 2.10. The molecule has 2 aromatic rings. The zero-order valence-electron chi connectivity index (χ0n) is 19.1. The standard InChI is InChI=1S/C23H31BrN4O3S/c1-5-8-13-32-23-26-22-25-15(4)19(21(29)31-12-7-3)20(28(22)27-23)17-14-16(24)9-10-18(17)30-11-6-2/h9-10,14,20H,5-8,11-13H2,1-4H3,(H,25,26,27). The maximum Gasteiger partial charge on any atom is 0.338 e. The lowest BCUT2D eigenvalue weighted by atomic mass is 9.95. The van der Waals surface area contributed by atoms with E-state index in [0.29, 0.717) is 35.6 Å². The van der Waals surface area contributed by atoms with Gasteiger partial charge >= 0.3 is 5.97 Å². The van der Waals surface area contributed by atoms with Gasteiger partial charge < -0.3 is 14.8 Å². The van der Waals surface area contributed by atoms with E-state index in [4.69, 9.17) is 14.6 Å². The fourth-order valence-corrected chi connectivity index (χ4v) is 4.69. The molecule has 0 bridgehead atoms. The third-order valence-corrected chi connectivity index (χ3v) is 6.36. The minimum Gasteiger partial charge on any atom is -0.493 e. The molecule has 0 spiro atoms. The molecule has 0 radical (unpaired) electrons. The summed E-state index contributed by atoms with van der Waals surface area (Å²) in [5.41, 5.74) is 2.07. The molecular weight excluding hydrogens is 492 g/mol. The smallest absolute Gasteiger partial charge is 0.338 e. The van der Waals surface area contributed by atoms with Crippen molar-refractivity contribution in [3.05, 3.63) is 39.5 Å². The fraction of sp³-hybridized carbons (Fsp3) is 0.522. The van der Waals surface area contributed by atoms with E-state index in [9.17, 15) is 4.79 Å². The molecule has 9 heteroatoms. The number of hydrogen-bond acceptors (Lipinski definition) is 7. The first-order valence-electron chi connectivity index (χ1n) is 11.2. The molecule has 1 atom stereocenters. The van der Waals surface area contributed by atoms with Crippen LogP contribution in [-0.2, 0) is 9.53 Å². The number of fused-ring (bicyclic) bond motifs is 1. The third-order valence-electron chi connectivity index (χ3n) is 4.95. The average Bonchev–Trinajstić information content (AvgIpc) is 3.18. The lowest BCUT2D eigenvalue weighted by molar-refractivity contribution is -0.139. The molecule has 1 aliphatic heterocycles. The highest BCUT2D eigenvalue weighted by Gasteiger charge is 2.37. The lowest BCUT2D eigenvalue weighted by Crippen LogP contribution is -2.30. The van der Waals surface area contributed by atoms with Gasteiger partial charge in [-0.05, 0) is 44.4 Å². The zero-order chi connectivity index (χ0) is 23.1. The number of hydrogen-bond donors (Lipinski definition) is 1. The summed E-state index contributed by atoms with van der Waals surface area (Å²) in [5, 5.41) is 8.72. The molecule has 1 aromatic heterocycles. The highest BCUT2D eigenvalue weighted by Crippen LogP contribution is 2.41. The Labute approximate surface area is 202 Å². The van der Waals surface area contributed by atoms with Crippen molar-refractivity contribution < 1.29 is 14.3 Å². The zero-order valence-corrected chi connectivity index (χ0v) is 21.5. The third kappa shape index (κ3) is 5.67. The van der Waals surface area contributed by atoms with Crippen molar-refractivity contribution in [2.24, 2.45) is 0 Å². The molecule has 0 amide bonds. The minimum absolute atomic E-state index is 0.357. The topological polar surface area (TPSA) is 78.3 Å². The number of halogens is 1. The van der Waals surface area contributed by atoms with Gasteiger partial charge in [0.05, 0.1) is 18.8 Å². The summed E-state index contributed by atoms with van der Waals surface area (Å²) in [5.74, 6) is 1.92. The van der Waals surface area contributed by atoms with Gasteiger partial charge in [0.15, 0.2) is 0 Å². The number of nitrogens with zero attached hydrogens (tertiary/aromatic N) is 3. The van der Waals surface area contributed by atoms with Crippen LogP contribution in [0.15, 0.2) is 39.1 Å². The molecule has 0 saturated heterocycles. The number of carbonyl (C=O) groups excluding carboxylic acids is 1. The number of anilines is 1. The second kappa shape index (κ2) is 11.7. The summed E-state index contributed by atoms with van der Waals surface area (Å²) in [6.45, 7) is 9.03. The summed E-state index contributed by atoms with van der Waals surface area (Å²) in [7, 11) is 0. The number of allylic oxidation sites excluding steroid dienone is 1.